The third kappa shape index (κ3) is 7.15. The van der Waals surface area contributed by atoms with Gasteiger partial charge >= 0.3 is 0 Å². The lowest BCUT2D eigenvalue weighted by molar-refractivity contribution is 0.0284. The van der Waals surface area contributed by atoms with Crippen LogP contribution < -0.4 is 0 Å². The summed E-state index contributed by atoms with van der Waals surface area (Å²) in [5.74, 6) is 3.63. The Labute approximate surface area is 184 Å². The van der Waals surface area contributed by atoms with Crippen LogP contribution in [0.25, 0.3) is 0 Å². The molecule has 2 fully saturated rings. The fraction of sp³-hybridized carbons (Fsp3) is 0.793. The van der Waals surface area contributed by atoms with Crippen molar-refractivity contribution in [2.24, 2.45) is 28.6 Å². The minimum atomic E-state index is 0.503. The minimum Gasteiger partial charge on any atom is -0.0683 e. The van der Waals surface area contributed by atoms with Gasteiger partial charge < -0.3 is 0 Å². The van der Waals surface area contributed by atoms with E-state index in [1.807, 2.05) is 27.7 Å². The Balaban J connectivity index is 0.000000989. The van der Waals surface area contributed by atoms with Crippen LogP contribution in [0.15, 0.2) is 30.3 Å². The predicted molar refractivity (Wildman–Crippen MR) is 133 cm³/mol. The Morgan fingerprint density at radius 2 is 0.931 bits per heavy atom. The second kappa shape index (κ2) is 12.2. The van der Waals surface area contributed by atoms with Crippen LogP contribution >= 0.6 is 0 Å². The molecule has 0 aliphatic heterocycles. The van der Waals surface area contributed by atoms with Crippen LogP contribution in [0.2, 0.25) is 0 Å². The van der Waals surface area contributed by atoms with Crippen molar-refractivity contribution in [1.82, 2.24) is 0 Å². The zero-order valence-electron chi connectivity index (χ0n) is 21.4. The summed E-state index contributed by atoms with van der Waals surface area (Å²) >= 11 is 0. The molecule has 0 nitrogen and oxygen atoms in total. The molecule has 1 aromatic carbocycles. The van der Waals surface area contributed by atoms with Gasteiger partial charge in [-0.25, -0.2) is 0 Å². The average Bonchev–Trinajstić information content (AvgIpc) is 2.77. The highest BCUT2D eigenvalue weighted by atomic mass is 14.5. The van der Waals surface area contributed by atoms with Gasteiger partial charge in [-0.15, -0.1) is 0 Å². The topological polar surface area (TPSA) is 0 Å². The van der Waals surface area contributed by atoms with Gasteiger partial charge in [0.2, 0.25) is 0 Å². The molecular weight excluding hydrogens is 348 g/mol. The summed E-state index contributed by atoms with van der Waals surface area (Å²) in [7, 11) is 0. The molecule has 3 rings (SSSR count). The molecule has 1 aromatic rings. The zero-order chi connectivity index (χ0) is 22.1. The van der Waals surface area contributed by atoms with Crippen molar-refractivity contribution in [2.45, 2.75) is 120 Å². The molecule has 0 unspecified atom stereocenters. The van der Waals surface area contributed by atoms with Crippen LogP contribution in [-0.2, 0) is 0 Å². The summed E-state index contributed by atoms with van der Waals surface area (Å²) in [4.78, 5) is 0. The molecule has 2 aliphatic carbocycles. The monoisotopic (exact) mass is 400 g/mol. The lowest BCUT2D eigenvalue weighted by Gasteiger charge is -2.48. The van der Waals surface area contributed by atoms with Gasteiger partial charge in [0.05, 0.1) is 0 Å². The molecule has 29 heavy (non-hydrogen) atoms. The molecule has 2 saturated carbocycles. The van der Waals surface area contributed by atoms with E-state index in [-0.39, 0.29) is 0 Å². The molecule has 0 atom stereocenters. The highest BCUT2D eigenvalue weighted by Gasteiger charge is 2.41. The fourth-order valence-electron chi connectivity index (χ4n) is 5.93. The van der Waals surface area contributed by atoms with Crippen molar-refractivity contribution in [2.75, 3.05) is 0 Å². The van der Waals surface area contributed by atoms with Crippen LogP contribution in [0.3, 0.4) is 0 Å². The van der Waals surface area contributed by atoms with Crippen LogP contribution in [-0.4, -0.2) is 0 Å². The van der Waals surface area contributed by atoms with Crippen LogP contribution in [0.1, 0.15) is 125 Å². The number of benzene rings is 1. The van der Waals surface area contributed by atoms with Crippen LogP contribution in [0.4, 0.5) is 0 Å². The Bertz CT molecular complexity index is 517. The first-order valence-corrected chi connectivity index (χ1v) is 12.8. The largest absolute Gasteiger partial charge is 0.0683 e. The molecule has 0 heterocycles. The first-order valence-electron chi connectivity index (χ1n) is 12.8. The molecular formula is C29H52. The Morgan fingerprint density at radius 3 is 1.34 bits per heavy atom. The summed E-state index contributed by atoms with van der Waals surface area (Å²) < 4.78 is 0. The van der Waals surface area contributed by atoms with Gasteiger partial charge in [0, 0.05) is 0 Å². The molecule has 0 spiro atoms. The van der Waals surface area contributed by atoms with Gasteiger partial charge in [-0.05, 0) is 91.4 Å². The lowest BCUT2D eigenvalue weighted by atomic mass is 9.57. The molecule has 0 radical (unpaired) electrons. The van der Waals surface area contributed by atoms with Crippen LogP contribution in [0.5, 0.6) is 0 Å². The summed E-state index contributed by atoms with van der Waals surface area (Å²) in [6.45, 7) is 20.5. The standard InChI is InChI=1S/C25H40.2C2H6/c1-24(2,3)21-15-17-23(18-16-21)25(4,5)22-13-11-20(12-14-22)19-9-7-6-8-10-19;2*1-2/h6-10,20-23H,11-18H2,1-5H3;2*1-2H3. The van der Waals surface area contributed by atoms with Gasteiger partial charge in [0.15, 0.2) is 0 Å². The maximum atomic E-state index is 2.60. The SMILES string of the molecule is CC.CC.CC(C)(C)C1CCC(C(C)(C)C2CCC(c3ccccc3)CC2)CC1. The highest BCUT2D eigenvalue weighted by Crippen LogP contribution is 2.52. The second-order valence-corrected chi connectivity index (χ2v) is 10.7. The normalized spacial score (nSPS) is 27.8. The Kier molecular flexibility index (Phi) is 11.0. The lowest BCUT2D eigenvalue weighted by Crippen LogP contribution is -2.38. The first-order chi connectivity index (χ1) is 13.8. The van der Waals surface area contributed by atoms with E-state index >= 15 is 0 Å². The maximum absolute atomic E-state index is 2.60. The van der Waals surface area contributed by atoms with E-state index in [9.17, 15) is 0 Å². The van der Waals surface area contributed by atoms with E-state index in [4.69, 9.17) is 0 Å². The van der Waals surface area contributed by atoms with Crippen molar-refractivity contribution in [3.63, 3.8) is 0 Å². The predicted octanol–water partition coefficient (Wildman–Crippen LogP) is 9.89. The summed E-state index contributed by atoms with van der Waals surface area (Å²) in [5, 5.41) is 0. The molecule has 2 aliphatic rings. The van der Waals surface area contributed by atoms with E-state index in [2.05, 4.69) is 65.0 Å². The molecule has 0 saturated heterocycles. The van der Waals surface area contributed by atoms with E-state index in [0.717, 1.165) is 23.7 Å². The molecule has 0 aromatic heterocycles. The van der Waals surface area contributed by atoms with Gasteiger partial charge in [0.25, 0.3) is 0 Å². The third-order valence-corrected chi connectivity index (χ3v) is 8.05. The van der Waals surface area contributed by atoms with E-state index in [1.54, 1.807) is 5.56 Å². The van der Waals surface area contributed by atoms with Crippen molar-refractivity contribution in [3.05, 3.63) is 35.9 Å². The average molecular weight is 401 g/mol. The van der Waals surface area contributed by atoms with Gasteiger partial charge in [0.1, 0.15) is 0 Å². The summed E-state index contributed by atoms with van der Waals surface area (Å²) in [6, 6.07) is 11.2. The van der Waals surface area contributed by atoms with E-state index in [1.165, 1.54) is 51.4 Å². The minimum absolute atomic E-state index is 0.503. The smallest absolute Gasteiger partial charge is 0.0162 e. The molecule has 0 heteroatoms. The Hall–Kier alpha value is -0.780. The molecule has 168 valence electrons. The quantitative estimate of drug-likeness (QED) is 0.473. The number of rotatable bonds is 3. The molecule has 0 bridgehead atoms. The van der Waals surface area contributed by atoms with Crippen molar-refractivity contribution in [1.29, 1.82) is 0 Å². The van der Waals surface area contributed by atoms with E-state index in [0.29, 0.717) is 10.8 Å². The zero-order valence-corrected chi connectivity index (χ0v) is 21.4. The van der Waals surface area contributed by atoms with Gasteiger partial charge in [-0.3, -0.25) is 0 Å². The molecule has 0 N–H and O–H groups in total. The van der Waals surface area contributed by atoms with Gasteiger partial charge in [-0.1, -0.05) is 92.6 Å². The summed E-state index contributed by atoms with van der Waals surface area (Å²) in [6.07, 6.45) is 11.5. The first kappa shape index (κ1) is 26.3. The highest BCUT2D eigenvalue weighted by molar-refractivity contribution is 5.20. The number of hydrogen-bond acceptors (Lipinski definition) is 0. The van der Waals surface area contributed by atoms with Crippen molar-refractivity contribution < 1.29 is 0 Å². The Morgan fingerprint density at radius 1 is 0.552 bits per heavy atom. The maximum Gasteiger partial charge on any atom is -0.0162 e. The second-order valence-electron chi connectivity index (χ2n) is 10.7. The molecule has 0 amide bonds. The van der Waals surface area contributed by atoms with Crippen molar-refractivity contribution in [3.8, 4) is 0 Å². The fourth-order valence-corrected chi connectivity index (χ4v) is 5.93. The summed E-state index contributed by atoms with van der Waals surface area (Å²) in [5.41, 5.74) is 2.61. The third-order valence-electron chi connectivity index (χ3n) is 8.05. The van der Waals surface area contributed by atoms with E-state index < -0.39 is 0 Å². The van der Waals surface area contributed by atoms with Crippen LogP contribution in [0, 0.1) is 28.6 Å². The number of hydrogen-bond donors (Lipinski definition) is 0. The van der Waals surface area contributed by atoms with Gasteiger partial charge in [-0.2, -0.15) is 0 Å². The van der Waals surface area contributed by atoms with Crippen molar-refractivity contribution >= 4 is 0 Å².